The largest absolute Gasteiger partial charge is 0.345 e. The fourth-order valence-corrected chi connectivity index (χ4v) is 5.90. The van der Waals surface area contributed by atoms with E-state index in [0.29, 0.717) is 67.0 Å². The molecule has 0 radical (unpaired) electrons. The zero-order valence-corrected chi connectivity index (χ0v) is 21.9. The van der Waals surface area contributed by atoms with E-state index in [2.05, 4.69) is 25.4 Å². The molecule has 39 heavy (non-hydrogen) atoms. The molecular weight excluding hydrogens is 524 g/mol. The molecular formula is C27H27F2N7O2S. The summed E-state index contributed by atoms with van der Waals surface area (Å²) in [6.45, 7) is 4.37. The number of benzene rings is 2. The molecule has 2 aromatic heterocycles. The topological polar surface area (TPSA) is 97.5 Å². The number of piperazine rings is 1. The van der Waals surface area contributed by atoms with Gasteiger partial charge in [0.15, 0.2) is 16.8 Å². The molecule has 1 atom stereocenters. The van der Waals surface area contributed by atoms with Crippen LogP contribution in [0.2, 0.25) is 0 Å². The highest BCUT2D eigenvalue weighted by molar-refractivity contribution is 7.13. The number of hydrogen-bond donors (Lipinski definition) is 2. The van der Waals surface area contributed by atoms with Crippen molar-refractivity contribution in [3.05, 3.63) is 59.6 Å². The van der Waals surface area contributed by atoms with Crippen LogP contribution in [0.3, 0.4) is 0 Å². The van der Waals surface area contributed by atoms with Gasteiger partial charge in [0.1, 0.15) is 5.69 Å². The summed E-state index contributed by atoms with van der Waals surface area (Å²) >= 11 is 1.60. The Morgan fingerprint density at radius 3 is 2.67 bits per heavy atom. The molecule has 9 nitrogen and oxygen atoms in total. The zero-order chi connectivity index (χ0) is 26.9. The van der Waals surface area contributed by atoms with Crippen LogP contribution in [0.1, 0.15) is 6.42 Å². The molecule has 0 bridgehead atoms. The maximum Gasteiger partial charge on any atom is 0.236 e. The Kier molecular flexibility index (Phi) is 6.96. The van der Waals surface area contributed by atoms with Gasteiger partial charge in [0.2, 0.25) is 11.8 Å². The summed E-state index contributed by atoms with van der Waals surface area (Å²) in [5.74, 6) is -2.13. The molecule has 2 saturated heterocycles. The average Bonchev–Trinajstić information content (AvgIpc) is 3.72. The molecule has 0 spiro atoms. The Morgan fingerprint density at radius 1 is 1.05 bits per heavy atom. The summed E-state index contributed by atoms with van der Waals surface area (Å²) in [5, 5.41) is 13.7. The third kappa shape index (κ3) is 5.34. The van der Waals surface area contributed by atoms with E-state index in [0.717, 1.165) is 30.4 Å². The number of carbonyl (C=O) groups excluding carboxylic acids is 2. The van der Waals surface area contributed by atoms with Crippen LogP contribution in [0.5, 0.6) is 0 Å². The smallest absolute Gasteiger partial charge is 0.236 e. The fourth-order valence-electron chi connectivity index (χ4n) is 5.20. The van der Waals surface area contributed by atoms with E-state index in [1.165, 1.54) is 6.07 Å². The number of amides is 2. The van der Waals surface area contributed by atoms with E-state index in [1.807, 2.05) is 15.2 Å². The molecule has 0 aliphatic carbocycles. The molecule has 12 heteroatoms. The van der Waals surface area contributed by atoms with Gasteiger partial charge in [0.05, 0.1) is 18.0 Å². The van der Waals surface area contributed by atoms with Crippen molar-refractivity contribution in [2.24, 2.45) is 5.92 Å². The zero-order valence-electron chi connectivity index (χ0n) is 21.1. The molecule has 2 N–H and O–H groups in total. The Labute approximate surface area is 227 Å². The van der Waals surface area contributed by atoms with Crippen molar-refractivity contribution in [1.82, 2.24) is 25.0 Å². The SMILES string of the molecule is O=C(Nc1ccc2[nH]nc(-c3ccc(F)c(F)c3)c2c1)[C@@H]1CCN(CC(=O)N2CCN(c3nccs3)CC2)C1. The van der Waals surface area contributed by atoms with Gasteiger partial charge in [0, 0.05) is 60.9 Å². The minimum absolute atomic E-state index is 0.0880. The molecule has 2 aliphatic heterocycles. The molecule has 2 fully saturated rings. The van der Waals surface area contributed by atoms with Crippen LogP contribution >= 0.6 is 11.3 Å². The van der Waals surface area contributed by atoms with Crippen LogP contribution in [0.15, 0.2) is 48.0 Å². The minimum atomic E-state index is -0.949. The number of carbonyl (C=O) groups is 2. The third-order valence-corrected chi connectivity index (χ3v) is 8.18. The molecule has 2 amide bonds. The highest BCUT2D eigenvalue weighted by atomic mass is 32.1. The van der Waals surface area contributed by atoms with E-state index < -0.39 is 11.6 Å². The molecule has 2 aliphatic rings. The quantitative estimate of drug-likeness (QED) is 0.380. The van der Waals surface area contributed by atoms with Gasteiger partial charge in [-0.15, -0.1) is 11.3 Å². The van der Waals surface area contributed by atoms with Gasteiger partial charge in [-0.1, -0.05) is 0 Å². The summed E-state index contributed by atoms with van der Waals surface area (Å²) in [6, 6.07) is 8.97. The molecule has 4 aromatic rings. The van der Waals surface area contributed by atoms with Gasteiger partial charge in [0.25, 0.3) is 0 Å². The number of rotatable bonds is 6. The lowest BCUT2D eigenvalue weighted by Gasteiger charge is -2.35. The van der Waals surface area contributed by atoms with Crippen LogP contribution in [0.4, 0.5) is 19.6 Å². The third-order valence-electron chi connectivity index (χ3n) is 7.35. The standard InChI is InChI=1S/C27H27F2N7O2S/c28-21-3-1-17(13-22(21)29)25-20-14-19(2-4-23(20)32-33-25)31-26(38)18-5-7-34(15-18)16-24(37)35-8-10-36(11-9-35)27-30-6-12-39-27/h1-4,6,12-14,18H,5,7-11,15-16H2,(H,31,38)(H,32,33)/t18-/m1/s1. The van der Waals surface area contributed by atoms with Crippen LogP contribution in [0.25, 0.3) is 22.2 Å². The second kappa shape index (κ2) is 10.7. The second-order valence-electron chi connectivity index (χ2n) is 9.85. The number of aromatic amines is 1. The Morgan fingerprint density at radius 2 is 1.90 bits per heavy atom. The number of anilines is 2. The first-order valence-corrected chi connectivity index (χ1v) is 13.7. The van der Waals surface area contributed by atoms with Gasteiger partial charge in [-0.3, -0.25) is 19.6 Å². The monoisotopic (exact) mass is 551 g/mol. The van der Waals surface area contributed by atoms with Crippen LogP contribution < -0.4 is 10.2 Å². The first kappa shape index (κ1) is 25.4. The van der Waals surface area contributed by atoms with Crippen molar-refractivity contribution in [3.63, 3.8) is 0 Å². The lowest BCUT2D eigenvalue weighted by Crippen LogP contribution is -2.51. The predicted molar refractivity (Wildman–Crippen MR) is 146 cm³/mol. The average molecular weight is 552 g/mol. The Hall–Kier alpha value is -3.90. The highest BCUT2D eigenvalue weighted by Crippen LogP contribution is 2.30. The number of aromatic nitrogens is 3. The number of fused-ring (bicyclic) bond motifs is 1. The van der Waals surface area contributed by atoms with Crippen molar-refractivity contribution in [1.29, 1.82) is 0 Å². The predicted octanol–water partition coefficient (Wildman–Crippen LogP) is 3.57. The van der Waals surface area contributed by atoms with E-state index in [-0.39, 0.29) is 17.7 Å². The van der Waals surface area contributed by atoms with E-state index in [4.69, 9.17) is 0 Å². The van der Waals surface area contributed by atoms with E-state index in [9.17, 15) is 18.4 Å². The molecule has 6 rings (SSSR count). The summed E-state index contributed by atoms with van der Waals surface area (Å²) < 4.78 is 27.2. The number of thiazole rings is 1. The van der Waals surface area contributed by atoms with E-state index in [1.54, 1.807) is 35.7 Å². The first-order chi connectivity index (χ1) is 18.9. The lowest BCUT2D eigenvalue weighted by atomic mass is 10.1. The normalized spacial score (nSPS) is 18.2. The first-order valence-electron chi connectivity index (χ1n) is 12.8. The number of halogens is 2. The van der Waals surface area contributed by atoms with Gasteiger partial charge >= 0.3 is 0 Å². The number of nitrogens with one attached hydrogen (secondary N) is 2. The molecule has 2 aromatic carbocycles. The van der Waals surface area contributed by atoms with Crippen molar-refractivity contribution < 1.29 is 18.4 Å². The number of hydrogen-bond acceptors (Lipinski definition) is 7. The molecule has 202 valence electrons. The Bertz CT molecular complexity index is 1500. The molecule has 0 unspecified atom stereocenters. The van der Waals surface area contributed by atoms with Crippen LogP contribution in [-0.2, 0) is 9.59 Å². The second-order valence-corrected chi connectivity index (χ2v) is 10.7. The van der Waals surface area contributed by atoms with Crippen molar-refractivity contribution in [2.45, 2.75) is 6.42 Å². The summed E-state index contributed by atoms with van der Waals surface area (Å²) in [6.07, 6.45) is 2.46. The van der Waals surface area contributed by atoms with Crippen molar-refractivity contribution >= 4 is 44.9 Å². The van der Waals surface area contributed by atoms with Crippen LogP contribution in [0, 0.1) is 17.6 Å². The van der Waals surface area contributed by atoms with Crippen molar-refractivity contribution in [2.75, 3.05) is 56.0 Å². The molecule has 4 heterocycles. The number of nitrogens with zero attached hydrogens (tertiary/aromatic N) is 5. The summed E-state index contributed by atoms with van der Waals surface area (Å²) in [5.41, 5.74) is 2.21. The fraction of sp³-hybridized carbons (Fsp3) is 0.333. The van der Waals surface area contributed by atoms with Gasteiger partial charge in [-0.05, 0) is 49.4 Å². The Balaban J connectivity index is 1.04. The maximum absolute atomic E-state index is 13.8. The molecule has 0 saturated carbocycles. The van der Waals surface area contributed by atoms with Gasteiger partial charge < -0.3 is 15.1 Å². The summed E-state index contributed by atoms with van der Waals surface area (Å²) in [7, 11) is 0. The van der Waals surface area contributed by atoms with E-state index >= 15 is 0 Å². The minimum Gasteiger partial charge on any atom is -0.345 e. The highest BCUT2D eigenvalue weighted by Gasteiger charge is 2.31. The number of likely N-dealkylation sites (tertiary alicyclic amines) is 1. The van der Waals surface area contributed by atoms with Crippen LogP contribution in [-0.4, -0.2) is 82.6 Å². The van der Waals surface area contributed by atoms with Gasteiger partial charge in [-0.25, -0.2) is 13.8 Å². The van der Waals surface area contributed by atoms with Crippen molar-refractivity contribution in [3.8, 4) is 11.3 Å². The van der Waals surface area contributed by atoms with Gasteiger partial charge in [-0.2, -0.15) is 5.10 Å². The maximum atomic E-state index is 13.8. The summed E-state index contributed by atoms with van der Waals surface area (Å²) in [4.78, 5) is 36.4. The number of H-pyrrole nitrogens is 1. The lowest BCUT2D eigenvalue weighted by molar-refractivity contribution is -0.132.